The van der Waals surface area contributed by atoms with E-state index in [1.54, 1.807) is 16.5 Å². The van der Waals surface area contributed by atoms with Gasteiger partial charge in [0.25, 0.3) is 0 Å². The van der Waals surface area contributed by atoms with Crippen LogP contribution in [-0.4, -0.2) is 47.5 Å². The molecule has 0 bridgehead atoms. The highest BCUT2D eigenvalue weighted by molar-refractivity contribution is 7.13. The highest BCUT2D eigenvalue weighted by atomic mass is 32.1. The van der Waals surface area contributed by atoms with Gasteiger partial charge in [0.05, 0.1) is 6.10 Å². The van der Waals surface area contributed by atoms with Crippen molar-refractivity contribution in [2.75, 3.05) is 25.0 Å². The number of hydrogen-bond acceptors (Lipinski definition) is 5. The first-order chi connectivity index (χ1) is 10.1. The van der Waals surface area contributed by atoms with Crippen LogP contribution in [0.5, 0.6) is 0 Å². The average Bonchev–Trinajstić information content (AvgIpc) is 3.10. The molecule has 6 nitrogen and oxygen atoms in total. The second kappa shape index (κ2) is 7.51. The van der Waals surface area contributed by atoms with Gasteiger partial charge < -0.3 is 15.0 Å². The summed E-state index contributed by atoms with van der Waals surface area (Å²) in [5.41, 5.74) is 0. The zero-order valence-electron chi connectivity index (χ0n) is 12.4. The van der Waals surface area contributed by atoms with Crippen LogP contribution in [0.1, 0.15) is 26.7 Å². The summed E-state index contributed by atoms with van der Waals surface area (Å²) in [5, 5.41) is 5.05. The molecule has 2 heterocycles. The molecule has 1 N–H and O–H groups in total. The third-order valence-corrected chi connectivity index (χ3v) is 3.96. The monoisotopic (exact) mass is 311 g/mol. The molecular weight excluding hydrogens is 290 g/mol. The van der Waals surface area contributed by atoms with Gasteiger partial charge >= 0.3 is 0 Å². The third-order valence-electron chi connectivity index (χ3n) is 3.27. The first kappa shape index (κ1) is 15.9. The highest BCUT2D eigenvalue weighted by Crippen LogP contribution is 2.15. The van der Waals surface area contributed by atoms with Crippen molar-refractivity contribution in [2.24, 2.45) is 5.92 Å². The lowest BCUT2D eigenvalue weighted by molar-refractivity contribution is -0.139. The predicted molar refractivity (Wildman–Crippen MR) is 81.1 cm³/mol. The quantitative estimate of drug-likeness (QED) is 0.869. The Labute approximate surface area is 128 Å². The van der Waals surface area contributed by atoms with Gasteiger partial charge in [0.15, 0.2) is 5.13 Å². The van der Waals surface area contributed by atoms with E-state index in [9.17, 15) is 9.59 Å². The Balaban J connectivity index is 1.93. The number of ether oxygens (including phenoxy) is 1. The summed E-state index contributed by atoms with van der Waals surface area (Å²) in [5.74, 6) is -0.393. The Bertz CT molecular complexity index is 470. The number of nitrogens with zero attached hydrogens (tertiary/aromatic N) is 2. The van der Waals surface area contributed by atoms with E-state index in [-0.39, 0.29) is 30.4 Å². The Morgan fingerprint density at radius 3 is 2.95 bits per heavy atom. The van der Waals surface area contributed by atoms with E-state index in [1.165, 1.54) is 11.3 Å². The van der Waals surface area contributed by atoms with Crippen LogP contribution in [-0.2, 0) is 14.3 Å². The fraction of sp³-hybridized carbons (Fsp3) is 0.643. The van der Waals surface area contributed by atoms with Crippen molar-refractivity contribution in [3.8, 4) is 0 Å². The van der Waals surface area contributed by atoms with E-state index in [0.717, 1.165) is 19.4 Å². The number of rotatable bonds is 6. The molecule has 0 spiro atoms. The summed E-state index contributed by atoms with van der Waals surface area (Å²) in [7, 11) is 0. The highest BCUT2D eigenvalue weighted by Gasteiger charge is 2.25. The van der Waals surface area contributed by atoms with E-state index in [2.05, 4.69) is 10.3 Å². The van der Waals surface area contributed by atoms with Gasteiger partial charge in [-0.3, -0.25) is 9.59 Å². The summed E-state index contributed by atoms with van der Waals surface area (Å²) in [6, 6.07) is 0. The summed E-state index contributed by atoms with van der Waals surface area (Å²) in [6.07, 6.45) is 3.62. The van der Waals surface area contributed by atoms with Crippen molar-refractivity contribution < 1.29 is 14.3 Å². The summed E-state index contributed by atoms with van der Waals surface area (Å²) < 4.78 is 5.56. The number of aromatic nitrogens is 1. The lowest BCUT2D eigenvalue weighted by Crippen LogP contribution is -2.44. The maximum Gasteiger partial charge on any atom is 0.245 e. The molecule has 1 aromatic heterocycles. The Hall–Kier alpha value is -1.47. The van der Waals surface area contributed by atoms with Crippen LogP contribution < -0.4 is 5.32 Å². The standard InChI is InChI=1S/C14H21N3O3S/c1-10(2)13(19)17(8-11-4-3-6-20-11)9-12(18)16-14-15-5-7-21-14/h5,7,10-11H,3-4,6,8-9H2,1-2H3,(H,15,16,18). The molecule has 1 saturated heterocycles. The summed E-state index contributed by atoms with van der Waals surface area (Å²) >= 11 is 1.35. The van der Waals surface area contributed by atoms with Crippen molar-refractivity contribution >= 4 is 28.3 Å². The molecule has 2 rings (SSSR count). The maximum absolute atomic E-state index is 12.2. The second-order valence-corrected chi connectivity index (χ2v) is 6.29. The number of anilines is 1. The van der Waals surface area contributed by atoms with E-state index in [0.29, 0.717) is 11.7 Å². The first-order valence-corrected chi connectivity index (χ1v) is 8.04. The minimum Gasteiger partial charge on any atom is -0.376 e. The average molecular weight is 311 g/mol. The largest absolute Gasteiger partial charge is 0.376 e. The molecule has 1 unspecified atom stereocenters. The Morgan fingerprint density at radius 1 is 1.57 bits per heavy atom. The SMILES string of the molecule is CC(C)C(=O)N(CC(=O)Nc1nccs1)CC1CCCO1. The van der Waals surface area contributed by atoms with Gasteiger partial charge in [-0.15, -0.1) is 11.3 Å². The molecule has 1 fully saturated rings. The second-order valence-electron chi connectivity index (χ2n) is 5.39. The van der Waals surface area contributed by atoms with Gasteiger partial charge in [-0.2, -0.15) is 0 Å². The van der Waals surface area contributed by atoms with Crippen molar-refractivity contribution in [2.45, 2.75) is 32.8 Å². The van der Waals surface area contributed by atoms with Crippen molar-refractivity contribution in [3.05, 3.63) is 11.6 Å². The minimum absolute atomic E-state index is 0.0280. The van der Waals surface area contributed by atoms with Gasteiger partial charge in [-0.1, -0.05) is 13.8 Å². The normalized spacial score (nSPS) is 18.0. The molecule has 21 heavy (non-hydrogen) atoms. The zero-order chi connectivity index (χ0) is 15.2. The minimum atomic E-state index is -0.225. The van der Waals surface area contributed by atoms with Crippen molar-refractivity contribution in [3.63, 3.8) is 0 Å². The molecular formula is C14H21N3O3S. The molecule has 2 amide bonds. The van der Waals surface area contributed by atoms with Crippen LogP contribution >= 0.6 is 11.3 Å². The summed E-state index contributed by atoms with van der Waals surface area (Å²) in [6.45, 7) is 4.92. The number of carbonyl (C=O) groups is 2. The Morgan fingerprint density at radius 2 is 2.38 bits per heavy atom. The fourth-order valence-electron chi connectivity index (χ4n) is 2.25. The number of carbonyl (C=O) groups excluding carboxylic acids is 2. The first-order valence-electron chi connectivity index (χ1n) is 7.16. The van der Waals surface area contributed by atoms with Crippen LogP contribution in [0.2, 0.25) is 0 Å². The number of hydrogen-bond donors (Lipinski definition) is 1. The topological polar surface area (TPSA) is 71.5 Å². The van der Waals surface area contributed by atoms with Crippen LogP contribution in [0.25, 0.3) is 0 Å². The number of amides is 2. The van der Waals surface area contributed by atoms with Gasteiger partial charge in [0, 0.05) is 30.6 Å². The van der Waals surface area contributed by atoms with Gasteiger partial charge in [-0.05, 0) is 12.8 Å². The lowest BCUT2D eigenvalue weighted by atomic mass is 10.1. The fourth-order valence-corrected chi connectivity index (χ4v) is 2.79. The predicted octanol–water partition coefficient (Wildman–Crippen LogP) is 1.75. The molecule has 1 aliphatic rings. The lowest BCUT2D eigenvalue weighted by Gasteiger charge is -2.26. The molecule has 7 heteroatoms. The molecule has 0 radical (unpaired) electrons. The van der Waals surface area contributed by atoms with E-state index < -0.39 is 0 Å². The van der Waals surface area contributed by atoms with E-state index in [4.69, 9.17) is 4.74 Å². The molecule has 0 aromatic carbocycles. The maximum atomic E-state index is 12.2. The van der Waals surface area contributed by atoms with E-state index in [1.807, 2.05) is 13.8 Å². The van der Waals surface area contributed by atoms with Crippen LogP contribution in [0.4, 0.5) is 5.13 Å². The molecule has 1 atom stereocenters. The third kappa shape index (κ3) is 4.78. The van der Waals surface area contributed by atoms with Gasteiger partial charge in [-0.25, -0.2) is 4.98 Å². The number of nitrogens with one attached hydrogen (secondary N) is 1. The molecule has 1 aromatic rings. The smallest absolute Gasteiger partial charge is 0.245 e. The molecule has 0 aliphatic carbocycles. The van der Waals surface area contributed by atoms with Crippen molar-refractivity contribution in [1.29, 1.82) is 0 Å². The Kier molecular flexibility index (Phi) is 5.69. The number of thiazole rings is 1. The van der Waals surface area contributed by atoms with Crippen LogP contribution in [0.3, 0.4) is 0 Å². The molecule has 116 valence electrons. The van der Waals surface area contributed by atoms with Gasteiger partial charge in [0.1, 0.15) is 6.54 Å². The summed E-state index contributed by atoms with van der Waals surface area (Å²) in [4.78, 5) is 29.9. The molecule has 1 aliphatic heterocycles. The molecule has 0 saturated carbocycles. The zero-order valence-corrected chi connectivity index (χ0v) is 13.2. The van der Waals surface area contributed by atoms with Crippen molar-refractivity contribution in [1.82, 2.24) is 9.88 Å². The van der Waals surface area contributed by atoms with Crippen LogP contribution in [0, 0.1) is 5.92 Å². The van der Waals surface area contributed by atoms with Gasteiger partial charge in [0.2, 0.25) is 11.8 Å². The van der Waals surface area contributed by atoms with E-state index >= 15 is 0 Å². The van der Waals surface area contributed by atoms with Crippen LogP contribution in [0.15, 0.2) is 11.6 Å².